The van der Waals surface area contributed by atoms with Crippen LogP contribution in [0.2, 0.25) is 0 Å². The van der Waals surface area contributed by atoms with Gasteiger partial charge in [-0.3, -0.25) is 14.3 Å². The molecule has 0 aliphatic carbocycles. The lowest BCUT2D eigenvalue weighted by molar-refractivity contribution is -0.0144. The number of benzene rings is 1. The van der Waals surface area contributed by atoms with Crippen LogP contribution in [0.5, 0.6) is 0 Å². The predicted octanol–water partition coefficient (Wildman–Crippen LogP) is 4.19. The van der Waals surface area contributed by atoms with Gasteiger partial charge in [0.1, 0.15) is 0 Å². The highest BCUT2D eigenvalue weighted by molar-refractivity contribution is 5.95. The van der Waals surface area contributed by atoms with Crippen molar-refractivity contribution in [2.75, 3.05) is 26.8 Å². The fourth-order valence-electron chi connectivity index (χ4n) is 6.08. The van der Waals surface area contributed by atoms with E-state index in [0.29, 0.717) is 31.9 Å². The van der Waals surface area contributed by atoms with E-state index < -0.39 is 35.3 Å². The van der Waals surface area contributed by atoms with E-state index in [1.807, 2.05) is 63.5 Å². The lowest BCUT2D eigenvalue weighted by Gasteiger charge is -2.52. The Morgan fingerprint density at radius 2 is 1.98 bits per heavy atom. The molecule has 2 amide bonds. The van der Waals surface area contributed by atoms with E-state index in [4.69, 9.17) is 14.2 Å². The second-order valence-electron chi connectivity index (χ2n) is 12.4. The summed E-state index contributed by atoms with van der Waals surface area (Å²) in [5.74, 6) is -0.702. The number of aromatic nitrogens is 4. The molecule has 0 saturated carbocycles. The first-order valence-corrected chi connectivity index (χ1v) is 14.2. The Bertz CT molecular complexity index is 1400. The standard InChI is InChI=1S/C29H42N6O6/c1-18(2)16-34(26(36)25-30-20-11-7-8-12-21(20)33(25)13-9-10-14-40-6)22-15-19(24-31-27(37)41-32-24)17-35(28(38)39)23(22)29(3,4)5/h7-8,11-12,18-19,22-23H,9-10,13-17H2,1-6H3,(H,38,39)(H,31,32,37)/t19-,22+,23?/m1/s1. The molecule has 0 bridgehead atoms. The highest BCUT2D eigenvalue weighted by Crippen LogP contribution is 2.40. The number of rotatable bonds is 10. The van der Waals surface area contributed by atoms with Gasteiger partial charge in [0.15, 0.2) is 11.6 Å². The summed E-state index contributed by atoms with van der Waals surface area (Å²) in [7, 11) is 1.67. The van der Waals surface area contributed by atoms with Gasteiger partial charge in [0.25, 0.3) is 5.91 Å². The topological polar surface area (TPSA) is 147 Å². The summed E-state index contributed by atoms with van der Waals surface area (Å²) in [5.41, 5.74) is 1.11. The molecule has 1 fully saturated rings. The first kappa shape index (κ1) is 30.3. The van der Waals surface area contributed by atoms with E-state index in [2.05, 4.69) is 10.1 Å². The van der Waals surface area contributed by atoms with Gasteiger partial charge in [-0.15, -0.1) is 0 Å². The lowest BCUT2D eigenvalue weighted by Crippen LogP contribution is -2.64. The number of hydrogen-bond donors (Lipinski definition) is 2. The van der Waals surface area contributed by atoms with Crippen LogP contribution < -0.4 is 5.76 Å². The summed E-state index contributed by atoms with van der Waals surface area (Å²) in [5, 5.41) is 14.2. The van der Waals surface area contributed by atoms with Crippen molar-refractivity contribution >= 4 is 23.0 Å². The molecular weight excluding hydrogens is 528 g/mol. The SMILES string of the molecule is COCCCCn1c(C(=O)N(CC(C)C)[C@H]2C[C@@H](c3noc(=O)[nH]3)CN(C(=O)O)C2C(C)(C)C)nc2ccccc21. The molecule has 2 N–H and O–H groups in total. The molecular formula is C29H42N6O6. The molecule has 1 aliphatic heterocycles. The molecule has 0 radical (unpaired) electrons. The maximum absolute atomic E-state index is 14.6. The average molecular weight is 571 g/mol. The molecule has 0 spiro atoms. The smallest absolute Gasteiger partial charge is 0.438 e. The Labute approximate surface area is 239 Å². The van der Waals surface area contributed by atoms with Gasteiger partial charge >= 0.3 is 11.8 Å². The van der Waals surface area contributed by atoms with Crippen molar-refractivity contribution in [2.45, 2.75) is 78.4 Å². The Morgan fingerprint density at radius 3 is 2.59 bits per heavy atom. The van der Waals surface area contributed by atoms with E-state index in [9.17, 15) is 19.5 Å². The zero-order chi connectivity index (χ0) is 29.9. The molecule has 4 rings (SSSR count). The number of carbonyl (C=O) groups is 2. The first-order valence-electron chi connectivity index (χ1n) is 14.2. The highest BCUT2D eigenvalue weighted by atomic mass is 16.5. The molecule has 3 heterocycles. The highest BCUT2D eigenvalue weighted by Gasteiger charge is 2.49. The number of carboxylic acid groups (broad SMARTS) is 1. The van der Waals surface area contributed by atoms with Gasteiger partial charge in [-0.05, 0) is 42.7 Å². The quantitative estimate of drug-likeness (QED) is 0.345. The van der Waals surface area contributed by atoms with Crippen LogP contribution >= 0.6 is 0 Å². The molecule has 1 saturated heterocycles. The van der Waals surface area contributed by atoms with Gasteiger partial charge in [-0.25, -0.2) is 14.6 Å². The second-order valence-corrected chi connectivity index (χ2v) is 12.4. The number of carbonyl (C=O) groups excluding carboxylic acids is 1. The van der Waals surface area contributed by atoms with Crippen LogP contribution in [0.1, 0.15) is 76.2 Å². The predicted molar refractivity (Wildman–Crippen MR) is 153 cm³/mol. The number of piperidine rings is 1. The second kappa shape index (κ2) is 12.5. The maximum atomic E-state index is 14.6. The van der Waals surface area contributed by atoms with E-state index in [1.54, 1.807) is 12.0 Å². The minimum absolute atomic E-state index is 0.101. The number of likely N-dealkylation sites (tertiary alicyclic amines) is 1. The van der Waals surface area contributed by atoms with E-state index >= 15 is 0 Å². The third-order valence-electron chi connectivity index (χ3n) is 7.67. The number of hydrogen-bond acceptors (Lipinski definition) is 7. The van der Waals surface area contributed by atoms with Crippen molar-refractivity contribution in [1.29, 1.82) is 0 Å². The van der Waals surface area contributed by atoms with Crippen LogP contribution in [0.15, 0.2) is 33.6 Å². The van der Waals surface area contributed by atoms with Crippen molar-refractivity contribution in [3.05, 3.63) is 46.5 Å². The normalized spacial score (nSPS) is 19.7. The van der Waals surface area contributed by atoms with Gasteiger partial charge < -0.3 is 24.2 Å². The van der Waals surface area contributed by atoms with Gasteiger partial charge in [0, 0.05) is 39.3 Å². The molecule has 3 aromatic rings. The minimum Gasteiger partial charge on any atom is -0.465 e. The maximum Gasteiger partial charge on any atom is 0.438 e. The zero-order valence-electron chi connectivity index (χ0n) is 24.8. The van der Waals surface area contributed by atoms with Gasteiger partial charge in [0.05, 0.1) is 23.1 Å². The van der Waals surface area contributed by atoms with Gasteiger partial charge in [0.2, 0.25) is 0 Å². The number of aryl methyl sites for hydroxylation is 1. The largest absolute Gasteiger partial charge is 0.465 e. The summed E-state index contributed by atoms with van der Waals surface area (Å²) < 4.78 is 12.0. The van der Waals surface area contributed by atoms with Crippen LogP contribution in [0.3, 0.4) is 0 Å². The lowest BCUT2D eigenvalue weighted by atomic mass is 9.74. The average Bonchev–Trinajstić information content (AvgIpc) is 3.51. The number of ether oxygens (including phenoxy) is 1. The van der Waals surface area contributed by atoms with Crippen molar-refractivity contribution < 1.29 is 24.0 Å². The molecule has 12 nitrogen and oxygen atoms in total. The molecule has 1 unspecified atom stereocenters. The van der Waals surface area contributed by atoms with Crippen molar-refractivity contribution in [3.8, 4) is 0 Å². The fraction of sp³-hybridized carbons (Fsp3) is 0.621. The summed E-state index contributed by atoms with van der Waals surface area (Å²) in [4.78, 5) is 49.6. The summed E-state index contributed by atoms with van der Waals surface area (Å²) >= 11 is 0. The zero-order valence-corrected chi connectivity index (χ0v) is 24.8. The molecule has 12 heteroatoms. The van der Waals surface area contributed by atoms with Crippen LogP contribution in [-0.4, -0.2) is 85.5 Å². The van der Waals surface area contributed by atoms with E-state index in [0.717, 1.165) is 23.9 Å². The van der Waals surface area contributed by atoms with Crippen LogP contribution in [-0.2, 0) is 11.3 Å². The number of unbranched alkanes of at least 4 members (excludes halogenated alkanes) is 1. The number of aromatic amines is 1. The molecule has 2 aromatic heterocycles. The van der Waals surface area contributed by atoms with Crippen molar-refractivity contribution in [1.82, 2.24) is 29.5 Å². The van der Waals surface area contributed by atoms with Gasteiger partial charge in [-0.1, -0.05) is 51.9 Å². The Morgan fingerprint density at radius 1 is 1.24 bits per heavy atom. The number of methoxy groups -OCH3 is 1. The Kier molecular flexibility index (Phi) is 9.21. The number of nitrogens with zero attached hydrogens (tertiary/aromatic N) is 5. The number of imidazole rings is 1. The summed E-state index contributed by atoms with van der Waals surface area (Å²) in [6.45, 7) is 11.8. The molecule has 1 aromatic carbocycles. The third-order valence-corrected chi connectivity index (χ3v) is 7.67. The molecule has 224 valence electrons. The Balaban J connectivity index is 1.82. The minimum atomic E-state index is -1.09. The number of para-hydroxylation sites is 2. The van der Waals surface area contributed by atoms with Crippen LogP contribution in [0.25, 0.3) is 11.0 Å². The number of amides is 2. The molecule has 3 atom stereocenters. The van der Waals surface area contributed by atoms with Crippen molar-refractivity contribution in [2.24, 2.45) is 11.3 Å². The first-order chi connectivity index (χ1) is 19.4. The van der Waals surface area contributed by atoms with Crippen molar-refractivity contribution in [3.63, 3.8) is 0 Å². The fourth-order valence-corrected chi connectivity index (χ4v) is 6.08. The van der Waals surface area contributed by atoms with Gasteiger partial charge in [-0.2, -0.15) is 0 Å². The number of nitrogens with one attached hydrogen (secondary N) is 1. The number of fused-ring (bicyclic) bond motifs is 1. The third kappa shape index (κ3) is 6.64. The summed E-state index contributed by atoms with van der Waals surface area (Å²) in [6.07, 6.45) is 0.960. The Hall–Kier alpha value is -3.67. The summed E-state index contributed by atoms with van der Waals surface area (Å²) in [6, 6.07) is 6.66. The van der Waals surface area contributed by atoms with Crippen LogP contribution in [0.4, 0.5) is 4.79 Å². The molecule has 1 aliphatic rings. The molecule has 41 heavy (non-hydrogen) atoms. The van der Waals surface area contributed by atoms with Crippen LogP contribution in [0, 0.1) is 11.3 Å². The van der Waals surface area contributed by atoms with E-state index in [-0.39, 0.29) is 24.2 Å². The number of H-pyrrole nitrogens is 1. The monoisotopic (exact) mass is 570 g/mol. The van der Waals surface area contributed by atoms with E-state index in [1.165, 1.54) is 4.90 Å².